The van der Waals surface area contributed by atoms with E-state index in [1.54, 1.807) is 43.3 Å². The minimum atomic E-state index is -0.527. The number of unbranched alkanes of at least 4 members (excludes halogenated alkanes) is 14. The number of esters is 4. The smallest absolute Gasteiger partial charge is 0.338 e. The molecule has 0 spiro atoms. The molecule has 3 aromatic rings. The van der Waals surface area contributed by atoms with E-state index in [0.717, 1.165) is 133 Å². The van der Waals surface area contributed by atoms with Gasteiger partial charge < -0.3 is 38.2 Å². The quantitative estimate of drug-likeness (QED) is 0.0133. The Morgan fingerprint density at radius 3 is 1.33 bits per heavy atom. The summed E-state index contributed by atoms with van der Waals surface area (Å²) in [4.78, 5) is 70.7. The van der Waals surface area contributed by atoms with Crippen LogP contribution in [0.15, 0.2) is 79.9 Å². The van der Waals surface area contributed by atoms with Gasteiger partial charge in [0.2, 0.25) is 11.5 Å². The molecule has 0 amide bonds. The summed E-state index contributed by atoms with van der Waals surface area (Å²) < 4.78 is 31.3. The van der Waals surface area contributed by atoms with Crippen LogP contribution in [0.1, 0.15) is 149 Å². The van der Waals surface area contributed by atoms with Crippen LogP contribution in [0.4, 0.5) is 0 Å². The fraction of sp³-hybridized carbons (Fsp3) is 0.500. The number of carbonyl (C=O) groups is 4. The van der Waals surface area contributed by atoms with Crippen LogP contribution in [0.25, 0.3) is 11.1 Å². The molecule has 0 aliphatic rings. The van der Waals surface area contributed by atoms with Crippen LogP contribution in [0.3, 0.4) is 0 Å². The van der Waals surface area contributed by atoms with Gasteiger partial charge in [-0.2, -0.15) is 9.78 Å². The van der Waals surface area contributed by atoms with Crippen molar-refractivity contribution < 1.29 is 67.1 Å². The van der Waals surface area contributed by atoms with E-state index < -0.39 is 11.9 Å². The predicted molar refractivity (Wildman–Crippen MR) is 270 cm³/mol. The minimum absolute atomic E-state index is 0.209. The van der Waals surface area contributed by atoms with Gasteiger partial charge >= 0.3 is 23.9 Å². The highest BCUT2D eigenvalue weighted by Gasteiger charge is 2.17. The zero-order chi connectivity index (χ0) is 50.9. The SMILES string of the molecule is C=C(C)C(=O)OCCCCCCCCCCCOC(=O)c1cc(CCCCCCOOc2ccc(C(=C)C(=O)OC)cc2OC)ccc1CCCCCCOOc1ccc(C(=C)C(=O)OC)cc1OC. The van der Waals surface area contributed by atoms with Crippen molar-refractivity contribution in [2.45, 2.75) is 129 Å². The first kappa shape index (κ1) is 58.2. The Hall–Kier alpha value is -6.12. The second-order valence-corrected chi connectivity index (χ2v) is 17.0. The van der Waals surface area contributed by atoms with Gasteiger partial charge in [-0.15, -0.1) is 0 Å². The molecule has 0 unspecified atom stereocenters. The molecule has 0 aliphatic heterocycles. The van der Waals surface area contributed by atoms with Gasteiger partial charge in [0, 0.05) is 5.57 Å². The molecule has 0 heterocycles. The fourth-order valence-corrected chi connectivity index (χ4v) is 7.37. The summed E-state index contributed by atoms with van der Waals surface area (Å²) in [5.41, 5.74) is 4.70. The lowest BCUT2D eigenvalue weighted by Gasteiger charge is -2.13. The number of methoxy groups -OCH3 is 4. The molecule has 0 radical (unpaired) electrons. The molecule has 0 saturated carbocycles. The van der Waals surface area contributed by atoms with Gasteiger partial charge in [0.15, 0.2) is 11.5 Å². The second kappa shape index (κ2) is 34.2. The Morgan fingerprint density at radius 2 is 0.871 bits per heavy atom. The predicted octanol–water partition coefficient (Wildman–Crippen LogP) is 12.1. The highest BCUT2D eigenvalue weighted by Crippen LogP contribution is 2.32. The van der Waals surface area contributed by atoms with Crippen molar-refractivity contribution in [3.8, 4) is 23.0 Å². The maximum absolute atomic E-state index is 13.6. The van der Waals surface area contributed by atoms with Crippen molar-refractivity contribution in [2.75, 3.05) is 54.9 Å². The number of aryl methyl sites for hydroxylation is 2. The van der Waals surface area contributed by atoms with Crippen molar-refractivity contribution >= 4 is 35.0 Å². The lowest BCUT2D eigenvalue weighted by molar-refractivity contribution is -0.208. The number of rotatable bonds is 38. The number of benzene rings is 3. The highest BCUT2D eigenvalue weighted by molar-refractivity contribution is 6.16. The Labute approximate surface area is 415 Å². The molecule has 70 heavy (non-hydrogen) atoms. The molecule has 0 aromatic heterocycles. The third kappa shape index (κ3) is 21.7. The van der Waals surface area contributed by atoms with E-state index in [1.165, 1.54) is 28.4 Å². The molecule has 0 saturated heterocycles. The van der Waals surface area contributed by atoms with E-state index in [1.807, 2.05) is 6.07 Å². The third-order valence-corrected chi connectivity index (χ3v) is 11.5. The van der Waals surface area contributed by atoms with Crippen LogP contribution in [0.2, 0.25) is 0 Å². The van der Waals surface area contributed by atoms with Crippen LogP contribution < -0.4 is 19.2 Å². The Balaban J connectivity index is 1.43. The molecule has 3 aromatic carbocycles. The second-order valence-electron chi connectivity index (χ2n) is 17.0. The maximum Gasteiger partial charge on any atom is 0.338 e. The van der Waals surface area contributed by atoms with Crippen molar-refractivity contribution in [1.29, 1.82) is 0 Å². The highest BCUT2D eigenvalue weighted by atomic mass is 17.2. The van der Waals surface area contributed by atoms with Crippen molar-refractivity contribution in [3.63, 3.8) is 0 Å². The maximum atomic E-state index is 13.6. The van der Waals surface area contributed by atoms with Gasteiger partial charge in [-0.25, -0.2) is 19.2 Å². The van der Waals surface area contributed by atoms with Crippen LogP contribution in [-0.2, 0) is 55.9 Å². The molecule has 384 valence electrons. The molecule has 0 N–H and O–H groups in total. The molecular formula is C56H76O14. The summed E-state index contributed by atoms with van der Waals surface area (Å²) in [6.07, 6.45) is 18.2. The van der Waals surface area contributed by atoms with E-state index in [9.17, 15) is 19.2 Å². The van der Waals surface area contributed by atoms with Crippen LogP contribution in [0, 0.1) is 0 Å². The standard InChI is InChI=1S/C56H76O14/c1-41(2)53(57)65-34-22-16-12-10-9-11-13-17-23-35-66-56(60)48-38-44(26-20-14-18-24-36-67-69-49-32-30-46(39-51(49)61-5)42(3)54(58)63-7)28-29-45(48)27-21-15-19-25-37-68-70-50-33-31-47(40-52(50)62-6)43(4)55(59)64-8/h28-33,38-40H,1,3-4,9-27,34-37H2,2,5-8H3. The summed E-state index contributed by atoms with van der Waals surface area (Å²) in [6, 6.07) is 16.2. The molecule has 14 heteroatoms. The number of ether oxygens (including phenoxy) is 6. The number of hydrogen-bond donors (Lipinski definition) is 0. The fourth-order valence-electron chi connectivity index (χ4n) is 7.37. The largest absolute Gasteiger partial charge is 0.493 e. The topological polar surface area (TPSA) is 161 Å². The van der Waals surface area contributed by atoms with Gasteiger partial charge in [0.25, 0.3) is 0 Å². The monoisotopic (exact) mass is 973 g/mol. The number of carbonyl (C=O) groups excluding carboxylic acids is 4. The molecule has 3 rings (SSSR count). The van der Waals surface area contributed by atoms with Crippen LogP contribution in [0.5, 0.6) is 23.0 Å². The van der Waals surface area contributed by atoms with Crippen molar-refractivity contribution in [1.82, 2.24) is 0 Å². The van der Waals surface area contributed by atoms with E-state index >= 15 is 0 Å². The summed E-state index contributed by atoms with van der Waals surface area (Å²) in [5.74, 6) is -0.0569. The molecular weight excluding hydrogens is 897 g/mol. The minimum Gasteiger partial charge on any atom is -0.493 e. The first-order chi connectivity index (χ1) is 33.9. The first-order valence-electron chi connectivity index (χ1n) is 24.6. The normalized spacial score (nSPS) is 10.8. The summed E-state index contributed by atoms with van der Waals surface area (Å²) in [5, 5.41) is 0. The zero-order valence-electron chi connectivity index (χ0n) is 42.3. The Bertz CT molecular complexity index is 2120. The molecule has 0 atom stereocenters. The zero-order valence-corrected chi connectivity index (χ0v) is 42.3. The lowest BCUT2D eigenvalue weighted by atomic mass is 9.96. The van der Waals surface area contributed by atoms with E-state index in [-0.39, 0.29) is 23.1 Å². The molecule has 0 bridgehead atoms. The average molecular weight is 973 g/mol. The Morgan fingerprint density at radius 1 is 0.443 bits per heavy atom. The van der Waals surface area contributed by atoms with E-state index in [0.29, 0.717) is 71.7 Å². The molecule has 0 aliphatic carbocycles. The number of hydrogen-bond acceptors (Lipinski definition) is 14. The van der Waals surface area contributed by atoms with Crippen molar-refractivity contribution in [2.24, 2.45) is 0 Å². The summed E-state index contributed by atoms with van der Waals surface area (Å²) in [6.45, 7) is 14.4. The summed E-state index contributed by atoms with van der Waals surface area (Å²) in [7, 11) is 5.62. The van der Waals surface area contributed by atoms with Crippen molar-refractivity contribution in [3.05, 3.63) is 108 Å². The lowest BCUT2D eigenvalue weighted by Crippen LogP contribution is -2.10. The molecule has 0 fully saturated rings. The van der Waals surface area contributed by atoms with Gasteiger partial charge in [0.05, 0.1) is 71.6 Å². The van der Waals surface area contributed by atoms with Crippen LogP contribution in [-0.4, -0.2) is 78.7 Å². The van der Waals surface area contributed by atoms with Crippen LogP contribution >= 0.6 is 0 Å². The van der Waals surface area contributed by atoms with E-state index in [4.69, 9.17) is 48.0 Å². The first-order valence-corrected chi connectivity index (χ1v) is 24.6. The third-order valence-electron chi connectivity index (χ3n) is 11.5. The van der Waals surface area contributed by atoms with Gasteiger partial charge in [0.1, 0.15) is 0 Å². The summed E-state index contributed by atoms with van der Waals surface area (Å²) >= 11 is 0. The average Bonchev–Trinajstić information content (AvgIpc) is 3.38. The van der Waals surface area contributed by atoms with Gasteiger partial charge in [-0.05, 0) is 111 Å². The van der Waals surface area contributed by atoms with E-state index in [2.05, 4.69) is 31.9 Å². The Kier molecular flexibility index (Phi) is 28.4. The van der Waals surface area contributed by atoms with Gasteiger partial charge in [-0.1, -0.05) is 115 Å². The molecule has 14 nitrogen and oxygen atoms in total. The van der Waals surface area contributed by atoms with Gasteiger partial charge in [-0.3, -0.25) is 0 Å².